The van der Waals surface area contributed by atoms with Crippen molar-refractivity contribution < 1.29 is 28.9 Å². The van der Waals surface area contributed by atoms with Crippen molar-refractivity contribution in [2.24, 2.45) is 5.73 Å². The third-order valence-corrected chi connectivity index (χ3v) is 4.47. The van der Waals surface area contributed by atoms with Crippen LogP contribution in [0.3, 0.4) is 0 Å². The molecule has 0 aliphatic heterocycles. The molecule has 1 aliphatic rings. The molecular weight excluding hydrogens is 305 g/mol. The minimum absolute atomic E-state index is 0.0885. The fourth-order valence-corrected chi connectivity index (χ4v) is 3.32. The van der Waals surface area contributed by atoms with Crippen LogP contribution in [0.1, 0.15) is 17.0 Å². The van der Waals surface area contributed by atoms with Crippen molar-refractivity contribution >= 4 is 10.2 Å². The molecule has 0 radical (unpaired) electrons. The third-order valence-electron chi connectivity index (χ3n) is 3.33. The molecular formula is C11H14F5NO2S. The Morgan fingerprint density at radius 3 is 2.20 bits per heavy atom. The summed E-state index contributed by atoms with van der Waals surface area (Å²) in [6.45, 7) is 0.197. The summed E-state index contributed by atoms with van der Waals surface area (Å²) in [4.78, 5) is -2.04. The Labute approximate surface area is 112 Å². The van der Waals surface area contributed by atoms with Crippen LogP contribution in [0.25, 0.3) is 0 Å². The number of rotatable bonds is 4. The molecule has 3 nitrogen and oxygen atoms in total. The van der Waals surface area contributed by atoms with Gasteiger partial charge in [0.2, 0.25) is 0 Å². The minimum Gasteiger partial charge on any atom is -0.496 e. The number of benzene rings is 1. The van der Waals surface area contributed by atoms with Crippen LogP contribution >= 0.6 is 10.2 Å². The van der Waals surface area contributed by atoms with Crippen LogP contribution in [-0.2, 0) is 6.42 Å². The molecule has 1 atom stereocenters. The Hall–Kier alpha value is -1.22. The smallest absolute Gasteiger partial charge is 0.314 e. The third kappa shape index (κ3) is 2.28. The lowest BCUT2D eigenvalue weighted by molar-refractivity contribution is 0.331. The van der Waals surface area contributed by atoms with E-state index in [0.717, 1.165) is 14.2 Å². The number of ether oxygens (including phenoxy) is 2. The number of fused-ring (bicyclic) bond motifs is 1. The number of hydrogen-bond donors (Lipinski definition) is 1. The summed E-state index contributed by atoms with van der Waals surface area (Å²) < 4.78 is 74.7. The second-order valence-electron chi connectivity index (χ2n) is 4.61. The first-order chi connectivity index (χ1) is 8.92. The lowest BCUT2D eigenvalue weighted by Gasteiger charge is -2.43. The molecule has 20 heavy (non-hydrogen) atoms. The van der Waals surface area contributed by atoms with Crippen LogP contribution in [0.15, 0.2) is 11.0 Å². The summed E-state index contributed by atoms with van der Waals surface area (Å²) in [5.74, 6) is -1.27. The standard InChI is InChI=1S/C11H14F5NO2S/c1-18-8-4-9(20(12,13,14,15)16)11(19-2)7-3-6(5-17)10(7)8/h4,6H,3,5,17H2,1-2H3. The molecule has 0 aromatic heterocycles. The molecule has 0 saturated heterocycles. The fraction of sp³-hybridized carbons (Fsp3) is 0.455. The van der Waals surface area contributed by atoms with Gasteiger partial charge in [0.25, 0.3) is 0 Å². The quantitative estimate of drug-likeness (QED) is 0.854. The number of nitrogens with two attached hydrogens (primary N) is 1. The zero-order valence-electron chi connectivity index (χ0n) is 10.8. The Bertz CT molecular complexity index is 572. The topological polar surface area (TPSA) is 44.5 Å². The molecule has 1 unspecified atom stereocenters. The summed E-state index contributed by atoms with van der Waals surface area (Å²) in [6, 6.07) is 0.307. The number of methoxy groups -OCH3 is 2. The summed E-state index contributed by atoms with van der Waals surface area (Å²) in [7, 11) is -7.79. The molecule has 1 aromatic rings. The SMILES string of the molecule is COc1cc(S(F)(F)(F)(F)F)c(OC)c2c1C(CN)C2. The summed E-state index contributed by atoms with van der Waals surface area (Å²) in [5.41, 5.74) is 5.98. The molecule has 0 fully saturated rings. The molecule has 1 aliphatic carbocycles. The highest BCUT2D eigenvalue weighted by atomic mass is 32.5. The highest BCUT2D eigenvalue weighted by Gasteiger charge is 2.68. The van der Waals surface area contributed by atoms with Gasteiger partial charge >= 0.3 is 10.2 Å². The first kappa shape index (κ1) is 15.2. The van der Waals surface area contributed by atoms with Gasteiger partial charge < -0.3 is 15.2 Å². The maximum absolute atomic E-state index is 13.1. The van der Waals surface area contributed by atoms with Crippen LogP contribution in [-0.4, -0.2) is 20.8 Å². The molecule has 0 bridgehead atoms. The van der Waals surface area contributed by atoms with E-state index < -0.39 is 20.9 Å². The van der Waals surface area contributed by atoms with Gasteiger partial charge in [-0.2, -0.15) is 0 Å². The summed E-state index contributed by atoms with van der Waals surface area (Å²) >= 11 is 0. The summed E-state index contributed by atoms with van der Waals surface area (Å²) in [5, 5.41) is 0. The lowest BCUT2D eigenvalue weighted by atomic mass is 9.76. The largest absolute Gasteiger partial charge is 0.496 e. The van der Waals surface area contributed by atoms with Crippen molar-refractivity contribution in [3.63, 3.8) is 0 Å². The van der Waals surface area contributed by atoms with Crippen molar-refractivity contribution in [2.75, 3.05) is 20.8 Å². The van der Waals surface area contributed by atoms with Crippen LogP contribution in [0, 0.1) is 0 Å². The molecule has 116 valence electrons. The first-order valence-corrected chi connectivity index (χ1v) is 7.60. The van der Waals surface area contributed by atoms with Crippen molar-refractivity contribution in [1.29, 1.82) is 0 Å². The van der Waals surface area contributed by atoms with Crippen molar-refractivity contribution in [3.8, 4) is 11.5 Å². The van der Waals surface area contributed by atoms with Gasteiger partial charge in [-0.05, 0) is 13.0 Å². The molecule has 2 N–H and O–H groups in total. The van der Waals surface area contributed by atoms with Crippen molar-refractivity contribution in [2.45, 2.75) is 17.2 Å². The van der Waals surface area contributed by atoms with E-state index in [-0.39, 0.29) is 30.2 Å². The van der Waals surface area contributed by atoms with E-state index in [9.17, 15) is 19.4 Å². The highest BCUT2D eigenvalue weighted by Crippen LogP contribution is 3.03. The molecule has 2 rings (SSSR count). The van der Waals surface area contributed by atoms with Gasteiger partial charge in [0.15, 0.2) is 4.90 Å². The minimum atomic E-state index is -9.85. The van der Waals surface area contributed by atoms with E-state index in [1.807, 2.05) is 0 Å². The molecule has 1 aromatic carbocycles. The Balaban J connectivity index is 2.78. The predicted molar refractivity (Wildman–Crippen MR) is 66.4 cm³/mol. The molecule has 9 heteroatoms. The van der Waals surface area contributed by atoms with Gasteiger partial charge in [-0.3, -0.25) is 0 Å². The molecule has 0 saturated carbocycles. The maximum Gasteiger partial charge on any atom is 0.314 e. The van der Waals surface area contributed by atoms with E-state index in [4.69, 9.17) is 10.5 Å². The Morgan fingerprint density at radius 1 is 1.20 bits per heavy atom. The van der Waals surface area contributed by atoms with E-state index in [1.54, 1.807) is 0 Å². The maximum atomic E-state index is 13.1. The van der Waals surface area contributed by atoms with E-state index >= 15 is 0 Å². The van der Waals surface area contributed by atoms with Crippen molar-refractivity contribution in [1.82, 2.24) is 0 Å². The van der Waals surface area contributed by atoms with Gasteiger partial charge in [-0.15, -0.1) is 0 Å². The average Bonchev–Trinajstić information content (AvgIpc) is 2.26. The average molecular weight is 319 g/mol. The van der Waals surface area contributed by atoms with E-state index in [2.05, 4.69) is 4.74 Å². The van der Waals surface area contributed by atoms with Crippen LogP contribution in [0.5, 0.6) is 11.5 Å². The van der Waals surface area contributed by atoms with Gasteiger partial charge in [0.1, 0.15) is 11.5 Å². The van der Waals surface area contributed by atoms with Crippen LogP contribution < -0.4 is 15.2 Å². The van der Waals surface area contributed by atoms with Crippen LogP contribution in [0.2, 0.25) is 0 Å². The first-order valence-electron chi connectivity index (χ1n) is 5.64. The van der Waals surface area contributed by atoms with Gasteiger partial charge in [0.05, 0.1) is 14.2 Å². The van der Waals surface area contributed by atoms with Gasteiger partial charge in [-0.25, -0.2) is 0 Å². The Morgan fingerprint density at radius 2 is 1.80 bits per heavy atom. The normalized spacial score (nSPS) is 21.3. The van der Waals surface area contributed by atoms with Crippen molar-refractivity contribution in [3.05, 3.63) is 17.2 Å². The second kappa shape index (κ2) is 3.70. The van der Waals surface area contributed by atoms with E-state index in [0.29, 0.717) is 11.6 Å². The Kier molecular flexibility index (Phi) is 2.81. The fourth-order valence-electron chi connectivity index (χ4n) is 2.43. The van der Waals surface area contributed by atoms with Crippen LogP contribution in [0.4, 0.5) is 19.4 Å². The highest BCUT2D eigenvalue weighted by molar-refractivity contribution is 8.45. The second-order valence-corrected chi connectivity index (χ2v) is 6.99. The van der Waals surface area contributed by atoms with E-state index in [1.165, 1.54) is 0 Å². The zero-order chi connectivity index (χ0) is 15.4. The zero-order valence-corrected chi connectivity index (χ0v) is 11.6. The molecule has 0 heterocycles. The molecule has 0 spiro atoms. The number of hydrogen-bond acceptors (Lipinski definition) is 3. The number of halogens is 5. The lowest BCUT2D eigenvalue weighted by Crippen LogP contribution is -2.27. The van der Waals surface area contributed by atoms with Gasteiger partial charge in [-0.1, -0.05) is 19.4 Å². The predicted octanol–water partition coefficient (Wildman–Crippen LogP) is 3.96. The summed E-state index contributed by atoms with van der Waals surface area (Å²) in [6.07, 6.45) is 0.160. The monoisotopic (exact) mass is 319 g/mol. The molecule has 0 amide bonds. The van der Waals surface area contributed by atoms with Gasteiger partial charge in [0, 0.05) is 23.1 Å².